The number of likely N-dealkylation sites (tertiary alicyclic amines) is 1. The minimum absolute atomic E-state index is 0.246. The fourth-order valence-electron chi connectivity index (χ4n) is 6.10. The van der Waals surface area contributed by atoms with Crippen molar-refractivity contribution in [3.05, 3.63) is 107 Å². The molecule has 0 unspecified atom stereocenters. The number of aromatic nitrogens is 2. The van der Waals surface area contributed by atoms with Gasteiger partial charge in [0, 0.05) is 24.2 Å². The Labute approximate surface area is 260 Å². The first-order valence-corrected chi connectivity index (χ1v) is 15.6. The summed E-state index contributed by atoms with van der Waals surface area (Å²) in [5, 5.41) is 17.8. The number of nitrogens with one attached hydrogen (secondary N) is 1. The van der Waals surface area contributed by atoms with Crippen molar-refractivity contribution in [3.63, 3.8) is 0 Å². The molecule has 0 atom stereocenters. The van der Waals surface area contributed by atoms with Gasteiger partial charge in [0.2, 0.25) is 0 Å². The summed E-state index contributed by atoms with van der Waals surface area (Å²) in [6.07, 6.45) is 4.45. The highest BCUT2D eigenvalue weighted by Gasteiger charge is 2.26. The number of hydrogen-bond donors (Lipinski definition) is 2. The van der Waals surface area contributed by atoms with Gasteiger partial charge in [-0.15, -0.1) is 0 Å². The quantitative estimate of drug-likeness (QED) is 0.219. The van der Waals surface area contributed by atoms with Crippen molar-refractivity contribution >= 4 is 11.6 Å². The van der Waals surface area contributed by atoms with Crippen LogP contribution < -0.4 is 5.32 Å². The predicted octanol–water partition coefficient (Wildman–Crippen LogP) is 7.70. The van der Waals surface area contributed by atoms with Gasteiger partial charge in [0.15, 0.2) is 0 Å². The number of benzene rings is 3. The molecule has 2 N–H and O–H groups in total. The first-order chi connectivity index (χ1) is 20.8. The van der Waals surface area contributed by atoms with Crippen LogP contribution in [0.2, 0.25) is 0 Å². The Bertz CT molecular complexity index is 1590. The van der Waals surface area contributed by atoms with E-state index in [2.05, 4.69) is 58.6 Å². The third kappa shape index (κ3) is 7.63. The Balaban J connectivity index is 1.25. The molecular weight excluding hydrogens is 551 g/mol. The van der Waals surface area contributed by atoms with Gasteiger partial charge >= 0.3 is 0 Å². The maximum absolute atomic E-state index is 13.7. The molecule has 0 saturated carbocycles. The van der Waals surface area contributed by atoms with Gasteiger partial charge < -0.3 is 10.4 Å². The third-order valence-electron chi connectivity index (χ3n) is 8.44. The minimum atomic E-state index is -0.701. The summed E-state index contributed by atoms with van der Waals surface area (Å²) in [5.41, 5.74) is 6.45. The topological polar surface area (TPSA) is 70.4 Å². The number of rotatable bonds is 8. The van der Waals surface area contributed by atoms with Crippen LogP contribution in [0.4, 0.5) is 10.1 Å². The van der Waals surface area contributed by atoms with Gasteiger partial charge in [0.1, 0.15) is 5.82 Å². The van der Waals surface area contributed by atoms with E-state index >= 15 is 0 Å². The second-order valence-corrected chi connectivity index (χ2v) is 13.9. The second-order valence-electron chi connectivity index (χ2n) is 13.9. The molecule has 0 spiro atoms. The van der Waals surface area contributed by atoms with E-state index in [0.29, 0.717) is 23.6 Å². The summed E-state index contributed by atoms with van der Waals surface area (Å²) in [4.78, 5) is 16.1. The second kappa shape index (κ2) is 12.7. The molecule has 1 aliphatic heterocycles. The number of anilines is 1. The molecule has 2 heterocycles. The molecule has 6 nitrogen and oxygen atoms in total. The van der Waals surface area contributed by atoms with Crippen LogP contribution in [0, 0.1) is 12.7 Å². The zero-order valence-electron chi connectivity index (χ0n) is 26.8. The Morgan fingerprint density at radius 2 is 1.64 bits per heavy atom. The van der Waals surface area contributed by atoms with Crippen molar-refractivity contribution in [2.75, 3.05) is 18.4 Å². The summed E-state index contributed by atoms with van der Waals surface area (Å²) < 4.78 is 15.5. The number of carbonyl (C=O) groups is 1. The number of aryl methyl sites for hydroxylation is 1. The van der Waals surface area contributed by atoms with Crippen molar-refractivity contribution in [3.8, 4) is 11.3 Å². The van der Waals surface area contributed by atoms with Crippen LogP contribution in [-0.4, -0.2) is 44.4 Å². The number of nitrogens with zero attached hydrogens (tertiary/aromatic N) is 3. The Morgan fingerprint density at radius 3 is 2.25 bits per heavy atom. The van der Waals surface area contributed by atoms with Gasteiger partial charge in [0.05, 0.1) is 28.6 Å². The first kappa shape index (κ1) is 31.6. The lowest BCUT2D eigenvalue weighted by Gasteiger charge is -2.32. The lowest BCUT2D eigenvalue weighted by molar-refractivity contribution is 0.0809. The zero-order valence-corrected chi connectivity index (χ0v) is 26.8. The molecule has 232 valence electrons. The third-order valence-corrected chi connectivity index (χ3v) is 8.44. The number of hydrogen-bond acceptors (Lipinski definition) is 4. The average molecular weight is 597 g/mol. The smallest absolute Gasteiger partial charge is 0.259 e. The predicted molar refractivity (Wildman–Crippen MR) is 175 cm³/mol. The van der Waals surface area contributed by atoms with Gasteiger partial charge in [0.25, 0.3) is 5.91 Å². The average Bonchev–Trinajstić information content (AvgIpc) is 3.42. The summed E-state index contributed by atoms with van der Waals surface area (Å²) >= 11 is 0. The SMILES string of the molecule is Cc1ccc(NC(=O)c2cnn(C(C)(C)C)c2-c2ccc(F)cc2)cc1CN1CCC(c2ccc(CC(C)(C)O)cc2)CC1. The molecule has 4 aromatic rings. The first-order valence-electron chi connectivity index (χ1n) is 15.6. The molecule has 3 aromatic carbocycles. The van der Waals surface area contributed by atoms with Crippen LogP contribution in [0.5, 0.6) is 0 Å². The molecule has 1 aromatic heterocycles. The van der Waals surface area contributed by atoms with Gasteiger partial charge in [-0.05, 0) is 132 Å². The van der Waals surface area contributed by atoms with E-state index in [0.717, 1.165) is 49.3 Å². The van der Waals surface area contributed by atoms with E-state index in [1.165, 1.54) is 28.8 Å². The number of amides is 1. The van der Waals surface area contributed by atoms with E-state index in [4.69, 9.17) is 0 Å². The van der Waals surface area contributed by atoms with E-state index in [-0.39, 0.29) is 17.3 Å². The molecular formula is C37H45FN4O2. The van der Waals surface area contributed by atoms with E-state index < -0.39 is 5.60 Å². The van der Waals surface area contributed by atoms with Crippen molar-refractivity contribution in [1.29, 1.82) is 0 Å². The zero-order chi connectivity index (χ0) is 31.6. The molecule has 1 fully saturated rings. The van der Waals surface area contributed by atoms with E-state index in [9.17, 15) is 14.3 Å². The highest BCUT2D eigenvalue weighted by atomic mass is 19.1. The van der Waals surface area contributed by atoms with Gasteiger partial charge in [-0.2, -0.15) is 5.10 Å². The van der Waals surface area contributed by atoms with Crippen molar-refractivity contribution in [2.24, 2.45) is 0 Å². The van der Waals surface area contributed by atoms with Gasteiger partial charge in [-0.1, -0.05) is 30.3 Å². The fraction of sp³-hybridized carbons (Fsp3) is 0.405. The summed E-state index contributed by atoms with van der Waals surface area (Å²) in [6.45, 7) is 14.7. The highest BCUT2D eigenvalue weighted by molar-refractivity contribution is 6.08. The minimum Gasteiger partial charge on any atom is -0.390 e. The highest BCUT2D eigenvalue weighted by Crippen LogP contribution is 2.32. The Kier molecular flexibility index (Phi) is 9.10. The molecule has 1 aliphatic rings. The molecule has 1 saturated heterocycles. The maximum atomic E-state index is 13.7. The number of carbonyl (C=O) groups excluding carboxylic acids is 1. The Morgan fingerprint density at radius 1 is 0.977 bits per heavy atom. The lowest BCUT2D eigenvalue weighted by atomic mass is 9.88. The summed E-state index contributed by atoms with van der Waals surface area (Å²) in [6, 6.07) is 21.0. The molecule has 5 rings (SSSR count). The molecule has 7 heteroatoms. The maximum Gasteiger partial charge on any atom is 0.259 e. The molecule has 44 heavy (non-hydrogen) atoms. The summed E-state index contributed by atoms with van der Waals surface area (Å²) in [5.74, 6) is -0.0300. The molecule has 0 aliphatic carbocycles. The van der Waals surface area contributed by atoms with Crippen LogP contribution in [0.3, 0.4) is 0 Å². The molecule has 0 radical (unpaired) electrons. The van der Waals surface area contributed by atoms with Crippen LogP contribution in [0.1, 0.15) is 86.0 Å². The monoisotopic (exact) mass is 596 g/mol. The number of piperidine rings is 1. The Hall–Kier alpha value is -3.81. The number of halogens is 1. The van der Waals surface area contributed by atoms with Crippen LogP contribution in [-0.2, 0) is 18.5 Å². The van der Waals surface area contributed by atoms with Gasteiger partial charge in [-0.3, -0.25) is 14.4 Å². The van der Waals surface area contributed by atoms with Crippen molar-refractivity contribution in [2.45, 2.75) is 84.4 Å². The normalized spacial score (nSPS) is 15.0. The largest absolute Gasteiger partial charge is 0.390 e. The van der Waals surface area contributed by atoms with E-state index in [1.807, 2.05) is 45.4 Å². The summed E-state index contributed by atoms with van der Waals surface area (Å²) in [7, 11) is 0. The van der Waals surface area contributed by atoms with Crippen LogP contribution in [0.25, 0.3) is 11.3 Å². The number of aliphatic hydroxyl groups is 1. The standard InChI is InChI=1S/C37H45FN4O2/c1-25-7-16-32(40-35(43)33-23-39-42(36(2,3)4)34(33)29-12-14-31(38)15-13-29)21-30(25)24-41-19-17-28(18-20-41)27-10-8-26(9-11-27)22-37(5,6)44/h7-16,21,23,28,44H,17-20,22,24H2,1-6H3,(H,40,43). The molecule has 1 amide bonds. The van der Waals surface area contributed by atoms with Crippen molar-refractivity contribution in [1.82, 2.24) is 14.7 Å². The lowest BCUT2D eigenvalue weighted by Crippen LogP contribution is -2.32. The molecule has 0 bridgehead atoms. The van der Waals surface area contributed by atoms with Crippen LogP contribution >= 0.6 is 0 Å². The van der Waals surface area contributed by atoms with Crippen LogP contribution in [0.15, 0.2) is 72.9 Å². The fourth-order valence-corrected chi connectivity index (χ4v) is 6.10. The van der Waals surface area contributed by atoms with Gasteiger partial charge in [-0.25, -0.2) is 4.39 Å². The van der Waals surface area contributed by atoms with E-state index in [1.54, 1.807) is 18.3 Å². The van der Waals surface area contributed by atoms with Crippen molar-refractivity contribution < 1.29 is 14.3 Å².